The number of ether oxygens (including phenoxy) is 1. The number of anilines is 1. The summed E-state index contributed by atoms with van der Waals surface area (Å²) in [6.07, 6.45) is 1.28. The van der Waals surface area contributed by atoms with Crippen LogP contribution in [0.4, 0.5) is 10.6 Å². The second-order valence-electron chi connectivity index (χ2n) is 8.31. The van der Waals surface area contributed by atoms with Gasteiger partial charge in [0.1, 0.15) is 17.1 Å². The number of rotatable bonds is 4. The third-order valence-corrected chi connectivity index (χ3v) is 4.98. The van der Waals surface area contributed by atoms with E-state index >= 15 is 0 Å². The Morgan fingerprint density at radius 2 is 2.07 bits per heavy atom. The van der Waals surface area contributed by atoms with Crippen molar-refractivity contribution in [3.05, 3.63) is 24.0 Å². The van der Waals surface area contributed by atoms with E-state index in [4.69, 9.17) is 9.15 Å². The van der Waals surface area contributed by atoms with E-state index in [2.05, 4.69) is 10.3 Å². The normalized spacial score (nSPS) is 19.7. The van der Waals surface area contributed by atoms with Gasteiger partial charge >= 0.3 is 12.0 Å². The van der Waals surface area contributed by atoms with E-state index in [9.17, 15) is 19.2 Å². The Morgan fingerprint density at radius 3 is 2.73 bits per heavy atom. The van der Waals surface area contributed by atoms with Gasteiger partial charge in [-0.05, 0) is 39.3 Å². The van der Waals surface area contributed by atoms with Crippen LogP contribution in [0.25, 0.3) is 11.1 Å². The van der Waals surface area contributed by atoms with E-state index in [0.29, 0.717) is 29.9 Å². The summed E-state index contributed by atoms with van der Waals surface area (Å²) in [6.45, 7) is 5.17. The van der Waals surface area contributed by atoms with E-state index in [1.165, 1.54) is 0 Å². The second kappa shape index (κ2) is 7.12. The molecule has 0 spiro atoms. The molecule has 4 rings (SSSR count). The Balaban J connectivity index is 1.52. The second-order valence-corrected chi connectivity index (χ2v) is 8.31. The van der Waals surface area contributed by atoms with Crippen LogP contribution >= 0.6 is 0 Å². The van der Waals surface area contributed by atoms with E-state index in [-0.39, 0.29) is 11.7 Å². The molecule has 4 amide bonds. The fraction of sp³-hybridized carbons (Fsp3) is 0.450. The van der Waals surface area contributed by atoms with E-state index in [1.807, 2.05) is 0 Å². The number of fused-ring (bicyclic) bond motifs is 1. The first kappa shape index (κ1) is 19.9. The van der Waals surface area contributed by atoms with Crippen LogP contribution in [0, 0.1) is 5.41 Å². The highest BCUT2D eigenvalue weighted by Gasteiger charge is 2.42. The summed E-state index contributed by atoms with van der Waals surface area (Å²) < 4.78 is 10.8. The van der Waals surface area contributed by atoms with Crippen LogP contribution in [0.1, 0.15) is 45.4 Å². The molecule has 1 unspecified atom stereocenters. The van der Waals surface area contributed by atoms with Crippen LogP contribution in [0.15, 0.2) is 22.6 Å². The van der Waals surface area contributed by atoms with Gasteiger partial charge in [0.15, 0.2) is 18.4 Å². The number of aromatic nitrogens is 1. The molecule has 0 bridgehead atoms. The average Bonchev–Trinajstić information content (AvgIpc) is 3.36. The number of carbonyl (C=O) groups excluding carboxylic acids is 4. The predicted molar refractivity (Wildman–Crippen MR) is 104 cm³/mol. The zero-order chi connectivity index (χ0) is 21.6. The Hall–Kier alpha value is -3.43. The van der Waals surface area contributed by atoms with Crippen molar-refractivity contribution in [2.75, 3.05) is 18.2 Å². The molecule has 2 aromatic heterocycles. The minimum atomic E-state index is -1.04. The Morgan fingerprint density at radius 1 is 1.30 bits per heavy atom. The first-order chi connectivity index (χ1) is 14.1. The van der Waals surface area contributed by atoms with Crippen molar-refractivity contribution >= 4 is 40.7 Å². The summed E-state index contributed by atoms with van der Waals surface area (Å²) >= 11 is 0. The summed E-state index contributed by atoms with van der Waals surface area (Å²) in [6, 6.07) is 3.20. The standard InChI is InChI=1S/C20H22N4O6/c1-20(2,3)18(27)29-10-24-17(26)16(22-19(24)28)13-9-11-12(30-13)6-7-14(21-11)23-8-4-5-15(23)25/h6-7,9,16H,4-5,8,10H2,1-3H3,(H,22,28). The molecule has 0 aliphatic carbocycles. The van der Waals surface area contributed by atoms with E-state index < -0.39 is 36.1 Å². The van der Waals surface area contributed by atoms with Gasteiger partial charge in [0, 0.05) is 19.0 Å². The Kier molecular flexibility index (Phi) is 4.71. The molecular weight excluding hydrogens is 392 g/mol. The van der Waals surface area contributed by atoms with Crippen molar-refractivity contribution in [2.45, 2.75) is 39.7 Å². The highest BCUT2D eigenvalue weighted by atomic mass is 16.5. The number of hydrogen-bond acceptors (Lipinski definition) is 7. The molecule has 1 atom stereocenters. The third-order valence-electron chi connectivity index (χ3n) is 4.98. The van der Waals surface area contributed by atoms with Crippen LogP contribution in [0.5, 0.6) is 0 Å². The van der Waals surface area contributed by atoms with Crippen molar-refractivity contribution in [1.82, 2.24) is 15.2 Å². The van der Waals surface area contributed by atoms with Crippen LogP contribution in [-0.2, 0) is 19.1 Å². The van der Waals surface area contributed by atoms with Crippen molar-refractivity contribution in [3.63, 3.8) is 0 Å². The monoisotopic (exact) mass is 414 g/mol. The molecule has 2 aliphatic heterocycles. The van der Waals surface area contributed by atoms with E-state index in [0.717, 1.165) is 11.3 Å². The molecule has 0 aromatic carbocycles. The van der Waals surface area contributed by atoms with Crippen LogP contribution < -0.4 is 10.2 Å². The molecule has 158 valence electrons. The molecule has 2 fully saturated rings. The maximum Gasteiger partial charge on any atom is 0.327 e. The van der Waals surface area contributed by atoms with Gasteiger partial charge in [0.05, 0.1) is 5.41 Å². The van der Waals surface area contributed by atoms with Gasteiger partial charge in [-0.3, -0.25) is 19.3 Å². The number of pyridine rings is 1. The zero-order valence-corrected chi connectivity index (χ0v) is 16.9. The van der Waals surface area contributed by atoms with Gasteiger partial charge in [-0.15, -0.1) is 0 Å². The lowest BCUT2D eigenvalue weighted by atomic mass is 9.98. The Labute approximate surface area is 172 Å². The largest absolute Gasteiger partial charge is 0.457 e. The minimum Gasteiger partial charge on any atom is -0.457 e. The molecule has 2 aromatic rings. The van der Waals surface area contributed by atoms with E-state index in [1.54, 1.807) is 43.9 Å². The first-order valence-corrected chi connectivity index (χ1v) is 9.65. The molecule has 10 nitrogen and oxygen atoms in total. The summed E-state index contributed by atoms with van der Waals surface area (Å²) in [7, 11) is 0. The number of hydrogen-bond donors (Lipinski definition) is 1. The van der Waals surface area contributed by atoms with Gasteiger partial charge in [-0.2, -0.15) is 0 Å². The summed E-state index contributed by atoms with van der Waals surface area (Å²) in [4.78, 5) is 55.7. The summed E-state index contributed by atoms with van der Waals surface area (Å²) in [5, 5.41) is 2.53. The van der Waals surface area contributed by atoms with Gasteiger partial charge in [0.2, 0.25) is 5.91 Å². The molecule has 2 saturated heterocycles. The zero-order valence-electron chi connectivity index (χ0n) is 16.9. The number of imide groups is 1. The minimum absolute atomic E-state index is 0.0178. The van der Waals surface area contributed by atoms with Crippen molar-refractivity contribution in [3.8, 4) is 0 Å². The lowest BCUT2D eigenvalue weighted by molar-refractivity contribution is -0.158. The number of esters is 1. The number of urea groups is 1. The van der Waals surface area contributed by atoms with Gasteiger partial charge in [0.25, 0.3) is 5.91 Å². The first-order valence-electron chi connectivity index (χ1n) is 9.65. The topological polar surface area (TPSA) is 122 Å². The fourth-order valence-electron chi connectivity index (χ4n) is 3.29. The van der Waals surface area contributed by atoms with Crippen LogP contribution in [-0.4, -0.2) is 47.0 Å². The number of carbonyl (C=O) groups is 4. The molecule has 4 heterocycles. The number of furan rings is 1. The molecule has 2 aliphatic rings. The van der Waals surface area contributed by atoms with Crippen LogP contribution in [0.2, 0.25) is 0 Å². The van der Waals surface area contributed by atoms with Gasteiger partial charge in [-0.25, -0.2) is 14.7 Å². The maximum atomic E-state index is 12.7. The van der Waals surface area contributed by atoms with Gasteiger partial charge < -0.3 is 14.5 Å². The fourth-order valence-corrected chi connectivity index (χ4v) is 3.29. The molecule has 0 saturated carbocycles. The summed E-state index contributed by atoms with van der Waals surface area (Å²) in [5.41, 5.74) is 0.152. The molecule has 1 N–H and O–H groups in total. The number of nitrogens with one attached hydrogen (secondary N) is 1. The molecule has 30 heavy (non-hydrogen) atoms. The highest BCUT2D eigenvalue weighted by molar-refractivity contribution is 6.04. The lowest BCUT2D eigenvalue weighted by Crippen LogP contribution is -2.36. The Bertz CT molecular complexity index is 1050. The number of amides is 4. The van der Waals surface area contributed by atoms with Crippen LogP contribution in [0.3, 0.4) is 0 Å². The van der Waals surface area contributed by atoms with Crippen molar-refractivity contribution in [2.24, 2.45) is 5.41 Å². The third kappa shape index (κ3) is 3.49. The quantitative estimate of drug-likeness (QED) is 0.600. The smallest absolute Gasteiger partial charge is 0.327 e. The maximum absolute atomic E-state index is 12.7. The van der Waals surface area contributed by atoms with Crippen molar-refractivity contribution in [1.29, 1.82) is 0 Å². The number of nitrogens with zero attached hydrogens (tertiary/aromatic N) is 3. The van der Waals surface area contributed by atoms with Crippen molar-refractivity contribution < 1.29 is 28.3 Å². The molecule has 0 radical (unpaired) electrons. The molecule has 10 heteroatoms. The van der Waals surface area contributed by atoms with Gasteiger partial charge in [-0.1, -0.05) is 0 Å². The lowest BCUT2D eigenvalue weighted by Gasteiger charge is -2.19. The highest BCUT2D eigenvalue weighted by Crippen LogP contribution is 2.30. The summed E-state index contributed by atoms with van der Waals surface area (Å²) in [5.74, 6) is -0.358. The SMILES string of the molecule is CC(C)(C)C(=O)OCN1C(=O)NC(c2cc3nc(N4CCCC4=O)ccc3o2)C1=O. The predicted octanol–water partition coefficient (Wildman–Crippen LogP) is 2.09. The molecular formula is C20H22N4O6. The average molecular weight is 414 g/mol.